The Morgan fingerprint density at radius 1 is 1.00 bits per heavy atom. The smallest absolute Gasteiger partial charge is 0.269 e. The summed E-state index contributed by atoms with van der Waals surface area (Å²) in [7, 11) is 3.44. The number of amides is 1. The number of nitrogens with one attached hydrogen (secondary N) is 2. The van der Waals surface area contributed by atoms with E-state index in [-0.39, 0.29) is 17.4 Å². The highest BCUT2D eigenvalue weighted by Gasteiger charge is 2.13. The second-order valence-corrected chi connectivity index (χ2v) is 8.21. The molecule has 0 aliphatic carbocycles. The zero-order chi connectivity index (χ0) is 25.2. The van der Waals surface area contributed by atoms with Crippen LogP contribution in [0.15, 0.2) is 73.2 Å². The number of aromatic nitrogens is 4. The molecule has 0 saturated carbocycles. The molecule has 2 N–H and O–H groups in total. The summed E-state index contributed by atoms with van der Waals surface area (Å²) in [6.45, 7) is 1.92. The number of halogens is 1. The van der Waals surface area contributed by atoms with E-state index in [9.17, 15) is 9.18 Å². The lowest BCUT2D eigenvalue weighted by Crippen LogP contribution is -2.18. The quantitative estimate of drug-likeness (QED) is 0.338. The number of anilines is 2. The van der Waals surface area contributed by atoms with E-state index in [4.69, 9.17) is 9.72 Å². The van der Waals surface area contributed by atoms with E-state index in [1.54, 1.807) is 43.7 Å². The van der Waals surface area contributed by atoms with E-state index in [1.165, 1.54) is 12.3 Å². The van der Waals surface area contributed by atoms with E-state index in [1.807, 2.05) is 42.8 Å². The number of nitrogens with zero attached hydrogens (tertiary/aromatic N) is 4. The predicted molar refractivity (Wildman–Crippen MR) is 136 cm³/mol. The first-order valence-electron chi connectivity index (χ1n) is 11.2. The molecule has 0 spiro atoms. The first-order chi connectivity index (χ1) is 17.4. The first-order valence-corrected chi connectivity index (χ1v) is 11.2. The van der Waals surface area contributed by atoms with Crippen LogP contribution >= 0.6 is 0 Å². The molecule has 0 aliphatic rings. The molecule has 0 unspecified atom stereocenters. The molecule has 180 valence electrons. The number of pyridine rings is 2. The Bertz CT molecular complexity index is 1600. The number of carbonyl (C=O) groups excluding carboxylic acids is 1. The Hall–Kier alpha value is -4.79. The van der Waals surface area contributed by atoms with Crippen LogP contribution in [0.1, 0.15) is 16.1 Å². The van der Waals surface area contributed by atoms with Gasteiger partial charge in [-0.05, 0) is 55.0 Å². The lowest BCUT2D eigenvalue weighted by Gasteiger charge is -2.11. The Kier molecular flexibility index (Phi) is 6.03. The summed E-state index contributed by atoms with van der Waals surface area (Å²) in [5.41, 5.74) is 4.70. The van der Waals surface area contributed by atoms with E-state index in [2.05, 4.69) is 20.6 Å². The second-order valence-electron chi connectivity index (χ2n) is 8.21. The van der Waals surface area contributed by atoms with Gasteiger partial charge in [0.1, 0.15) is 23.0 Å². The van der Waals surface area contributed by atoms with Gasteiger partial charge in [-0.15, -0.1) is 0 Å². The number of hydrogen-bond acceptors (Lipinski definition) is 6. The maximum absolute atomic E-state index is 14.6. The summed E-state index contributed by atoms with van der Waals surface area (Å²) in [6.07, 6.45) is 4.87. The maximum Gasteiger partial charge on any atom is 0.269 e. The zero-order valence-electron chi connectivity index (χ0n) is 19.9. The largest absolute Gasteiger partial charge is 0.457 e. The summed E-state index contributed by atoms with van der Waals surface area (Å²) in [6, 6.07) is 15.5. The topological polar surface area (TPSA) is 94.0 Å². The fourth-order valence-corrected chi connectivity index (χ4v) is 3.90. The van der Waals surface area contributed by atoms with E-state index in [0.717, 1.165) is 16.6 Å². The molecule has 0 saturated heterocycles. The van der Waals surface area contributed by atoms with Crippen LogP contribution in [0.3, 0.4) is 0 Å². The first kappa shape index (κ1) is 23.0. The lowest BCUT2D eigenvalue weighted by molar-refractivity contribution is 0.0958. The molecule has 36 heavy (non-hydrogen) atoms. The van der Waals surface area contributed by atoms with Gasteiger partial charge in [-0.25, -0.2) is 9.37 Å². The van der Waals surface area contributed by atoms with Crippen LogP contribution < -0.4 is 15.4 Å². The monoisotopic (exact) mass is 482 g/mol. The summed E-state index contributed by atoms with van der Waals surface area (Å²) < 4.78 is 22.5. The predicted octanol–water partition coefficient (Wildman–Crippen LogP) is 5.37. The van der Waals surface area contributed by atoms with Crippen LogP contribution in [-0.4, -0.2) is 32.5 Å². The summed E-state index contributed by atoms with van der Waals surface area (Å²) in [4.78, 5) is 24.7. The molecule has 0 radical (unpaired) electrons. The number of aryl methyl sites for hydroxylation is 2. The Morgan fingerprint density at radius 2 is 1.83 bits per heavy atom. The standard InChI is InChI=1S/C27H23FN6O2/c1-16-8-10-30-15-21(16)20-12-17(4-6-22(20)28)32-27-33-23-13-18(5-7-25(23)34(27)3)36-19-9-11-31-24(14-19)26(35)29-2/h4-15H,1-3H3,(H,29,35)(H,32,33). The minimum absolute atomic E-state index is 0.264. The SMILES string of the molecule is CNC(=O)c1cc(Oc2ccc3c(c2)nc(Nc2ccc(F)c(-c4cnccc4C)c2)n3C)ccn1. The van der Waals surface area contributed by atoms with Crippen LogP contribution in [0.25, 0.3) is 22.2 Å². The minimum Gasteiger partial charge on any atom is -0.457 e. The van der Waals surface area contributed by atoms with Gasteiger partial charge in [0.15, 0.2) is 0 Å². The van der Waals surface area contributed by atoms with E-state index in [0.29, 0.717) is 34.2 Å². The van der Waals surface area contributed by atoms with Crippen molar-refractivity contribution < 1.29 is 13.9 Å². The van der Waals surface area contributed by atoms with E-state index >= 15 is 0 Å². The third-order valence-electron chi connectivity index (χ3n) is 5.83. The van der Waals surface area contributed by atoms with Gasteiger partial charge >= 0.3 is 0 Å². The summed E-state index contributed by atoms with van der Waals surface area (Å²) >= 11 is 0. The number of ether oxygens (including phenoxy) is 1. The van der Waals surface area contributed by atoms with Crippen LogP contribution in [0.5, 0.6) is 11.5 Å². The highest BCUT2D eigenvalue weighted by molar-refractivity contribution is 5.92. The van der Waals surface area contributed by atoms with Crippen molar-refractivity contribution in [3.63, 3.8) is 0 Å². The van der Waals surface area contributed by atoms with Crippen LogP contribution in [0.4, 0.5) is 16.0 Å². The molecule has 5 rings (SSSR count). The van der Waals surface area contributed by atoms with Crippen molar-refractivity contribution in [1.82, 2.24) is 24.8 Å². The number of carbonyl (C=O) groups is 1. The van der Waals surface area contributed by atoms with E-state index < -0.39 is 0 Å². The fourth-order valence-electron chi connectivity index (χ4n) is 3.90. The number of imidazole rings is 1. The van der Waals surface area contributed by atoms with Crippen LogP contribution in [-0.2, 0) is 7.05 Å². The lowest BCUT2D eigenvalue weighted by atomic mass is 10.0. The van der Waals surface area contributed by atoms with Gasteiger partial charge < -0.3 is 19.9 Å². The molecular formula is C27H23FN6O2. The normalized spacial score (nSPS) is 10.9. The summed E-state index contributed by atoms with van der Waals surface area (Å²) in [5.74, 6) is 1.03. The molecule has 1 amide bonds. The molecule has 3 aromatic heterocycles. The molecule has 0 fully saturated rings. The van der Waals surface area contributed by atoms with Crippen molar-refractivity contribution in [1.29, 1.82) is 0 Å². The number of rotatable bonds is 6. The highest BCUT2D eigenvalue weighted by atomic mass is 19.1. The number of benzene rings is 2. The fraction of sp³-hybridized carbons (Fsp3) is 0.111. The van der Waals surface area contributed by atoms with Gasteiger partial charge in [-0.2, -0.15) is 0 Å². The third kappa shape index (κ3) is 4.46. The number of hydrogen-bond donors (Lipinski definition) is 2. The van der Waals surface area contributed by atoms with Crippen molar-refractivity contribution in [3.05, 3.63) is 90.3 Å². The molecule has 3 heterocycles. The molecule has 5 aromatic rings. The van der Waals surface area contributed by atoms with Gasteiger partial charge in [0.25, 0.3) is 5.91 Å². The number of fused-ring (bicyclic) bond motifs is 1. The van der Waals surface area contributed by atoms with Gasteiger partial charge in [-0.3, -0.25) is 14.8 Å². The van der Waals surface area contributed by atoms with Crippen LogP contribution in [0, 0.1) is 12.7 Å². The van der Waals surface area contributed by atoms with Gasteiger partial charge in [0, 0.05) is 61.6 Å². The molecular weight excluding hydrogens is 459 g/mol. The average Bonchev–Trinajstić information content (AvgIpc) is 3.19. The second kappa shape index (κ2) is 9.46. The molecule has 0 bridgehead atoms. The van der Waals surface area contributed by atoms with Gasteiger partial charge in [0.2, 0.25) is 5.95 Å². The highest BCUT2D eigenvalue weighted by Crippen LogP contribution is 2.31. The molecule has 2 aromatic carbocycles. The van der Waals surface area contributed by atoms with Crippen molar-refractivity contribution in [3.8, 4) is 22.6 Å². The van der Waals surface area contributed by atoms with Crippen molar-refractivity contribution in [2.45, 2.75) is 6.92 Å². The summed E-state index contributed by atoms with van der Waals surface area (Å²) in [5, 5.41) is 5.83. The molecule has 8 nitrogen and oxygen atoms in total. The molecule has 9 heteroatoms. The molecule has 0 atom stereocenters. The van der Waals surface area contributed by atoms with Gasteiger partial charge in [-0.1, -0.05) is 0 Å². The molecule has 0 aliphatic heterocycles. The Morgan fingerprint density at radius 3 is 2.64 bits per heavy atom. The third-order valence-corrected chi connectivity index (χ3v) is 5.83. The van der Waals surface area contributed by atoms with Crippen LogP contribution in [0.2, 0.25) is 0 Å². The van der Waals surface area contributed by atoms with Crippen molar-refractivity contribution in [2.24, 2.45) is 7.05 Å². The Labute approximate surface area is 206 Å². The van der Waals surface area contributed by atoms with Gasteiger partial charge in [0.05, 0.1) is 11.0 Å². The average molecular weight is 483 g/mol. The Balaban J connectivity index is 1.42. The zero-order valence-corrected chi connectivity index (χ0v) is 19.9. The minimum atomic E-state index is -0.320. The van der Waals surface area contributed by atoms with Crippen molar-refractivity contribution >= 4 is 28.6 Å². The maximum atomic E-state index is 14.6. The van der Waals surface area contributed by atoms with Crippen molar-refractivity contribution in [2.75, 3.05) is 12.4 Å².